The van der Waals surface area contributed by atoms with E-state index in [4.69, 9.17) is 27.3 Å². The highest BCUT2D eigenvalue weighted by Crippen LogP contribution is 2.20. The molecule has 0 amide bonds. The fourth-order valence-corrected chi connectivity index (χ4v) is 1.85. The summed E-state index contributed by atoms with van der Waals surface area (Å²) in [4.78, 5) is 0. The topological polar surface area (TPSA) is 71.1 Å². The van der Waals surface area contributed by atoms with E-state index in [-0.39, 0.29) is 0 Å². The molecule has 0 aliphatic rings. The Morgan fingerprint density at radius 3 is 2.65 bits per heavy atom. The first kappa shape index (κ1) is 14.0. The number of anilines is 2. The number of benzene rings is 2. The minimum absolute atomic E-state index is 0.474. The van der Waals surface area contributed by atoms with Crippen molar-refractivity contribution in [1.29, 1.82) is 5.26 Å². The van der Waals surface area contributed by atoms with E-state index in [1.54, 1.807) is 30.3 Å². The molecule has 0 aliphatic heterocycles. The second kappa shape index (κ2) is 6.69. The molecule has 0 aromatic heterocycles. The summed E-state index contributed by atoms with van der Waals surface area (Å²) in [5.41, 5.74) is 7.56. The van der Waals surface area contributed by atoms with Gasteiger partial charge >= 0.3 is 0 Å². The lowest BCUT2D eigenvalue weighted by Crippen LogP contribution is -2.12. The monoisotopic (exact) mass is 287 g/mol. The zero-order valence-electron chi connectivity index (χ0n) is 10.8. The molecule has 0 bridgehead atoms. The first-order chi connectivity index (χ1) is 9.69. The minimum Gasteiger partial charge on any atom is -0.492 e. The van der Waals surface area contributed by atoms with Gasteiger partial charge in [0, 0.05) is 17.3 Å². The van der Waals surface area contributed by atoms with Crippen LogP contribution in [0.4, 0.5) is 11.4 Å². The lowest BCUT2D eigenvalue weighted by Gasteiger charge is -2.10. The number of nitrogens with zero attached hydrogens (tertiary/aromatic N) is 1. The predicted octanol–water partition coefficient (Wildman–Crippen LogP) is 3.28. The second-order valence-corrected chi connectivity index (χ2v) is 4.58. The maximum absolute atomic E-state index is 8.99. The number of hydrogen-bond donors (Lipinski definition) is 2. The zero-order chi connectivity index (χ0) is 14.4. The Labute approximate surface area is 122 Å². The quantitative estimate of drug-likeness (QED) is 0.654. The summed E-state index contributed by atoms with van der Waals surface area (Å²) < 4.78 is 5.55. The van der Waals surface area contributed by atoms with Gasteiger partial charge in [0.25, 0.3) is 0 Å². The van der Waals surface area contributed by atoms with Crippen LogP contribution in [0, 0.1) is 11.3 Å². The third-order valence-corrected chi connectivity index (χ3v) is 2.90. The van der Waals surface area contributed by atoms with Gasteiger partial charge < -0.3 is 15.8 Å². The lowest BCUT2D eigenvalue weighted by atomic mass is 10.2. The molecule has 3 N–H and O–H groups in total. The Bertz CT molecular complexity index is 620. The van der Waals surface area contributed by atoms with Crippen LogP contribution < -0.4 is 15.8 Å². The normalized spacial score (nSPS) is 9.80. The SMILES string of the molecule is N#Cc1ccc(Cl)cc1NCCOc1ccc(N)cc1. The molecule has 0 radical (unpaired) electrons. The van der Waals surface area contributed by atoms with Crippen LogP contribution in [0.15, 0.2) is 42.5 Å². The number of hydrogen-bond acceptors (Lipinski definition) is 4. The van der Waals surface area contributed by atoms with E-state index in [1.165, 1.54) is 0 Å². The molecule has 4 nitrogen and oxygen atoms in total. The van der Waals surface area contributed by atoms with Crippen molar-refractivity contribution in [2.45, 2.75) is 0 Å². The Morgan fingerprint density at radius 1 is 1.20 bits per heavy atom. The Kier molecular flexibility index (Phi) is 4.70. The van der Waals surface area contributed by atoms with Gasteiger partial charge in [-0.1, -0.05) is 11.6 Å². The Hall–Kier alpha value is -2.38. The van der Waals surface area contributed by atoms with Crippen molar-refractivity contribution in [1.82, 2.24) is 0 Å². The van der Waals surface area contributed by atoms with Crippen molar-refractivity contribution in [2.75, 3.05) is 24.2 Å². The third-order valence-electron chi connectivity index (χ3n) is 2.67. The van der Waals surface area contributed by atoms with Crippen molar-refractivity contribution in [3.63, 3.8) is 0 Å². The molecule has 0 fully saturated rings. The number of halogens is 1. The summed E-state index contributed by atoms with van der Waals surface area (Å²) in [6, 6.07) is 14.4. The number of nitriles is 1. The fourth-order valence-electron chi connectivity index (χ4n) is 1.68. The van der Waals surface area contributed by atoms with Crippen LogP contribution >= 0.6 is 11.6 Å². The van der Waals surface area contributed by atoms with Gasteiger partial charge in [-0.2, -0.15) is 5.26 Å². The number of nitrogens with two attached hydrogens (primary N) is 1. The van der Waals surface area contributed by atoms with Crippen molar-refractivity contribution in [3.8, 4) is 11.8 Å². The lowest BCUT2D eigenvalue weighted by molar-refractivity contribution is 0.333. The highest BCUT2D eigenvalue weighted by Gasteiger charge is 2.02. The molecule has 0 saturated carbocycles. The van der Waals surface area contributed by atoms with E-state index >= 15 is 0 Å². The summed E-state index contributed by atoms with van der Waals surface area (Å²) in [5.74, 6) is 0.757. The van der Waals surface area contributed by atoms with Crippen molar-refractivity contribution >= 4 is 23.0 Å². The van der Waals surface area contributed by atoms with E-state index in [9.17, 15) is 0 Å². The van der Waals surface area contributed by atoms with Gasteiger partial charge in [-0.05, 0) is 42.5 Å². The number of rotatable bonds is 5. The Morgan fingerprint density at radius 2 is 1.95 bits per heavy atom. The molecule has 0 heterocycles. The highest BCUT2D eigenvalue weighted by atomic mass is 35.5. The molecule has 0 unspecified atom stereocenters. The average molecular weight is 288 g/mol. The second-order valence-electron chi connectivity index (χ2n) is 4.15. The minimum atomic E-state index is 0.474. The summed E-state index contributed by atoms with van der Waals surface area (Å²) in [6.07, 6.45) is 0. The number of ether oxygens (including phenoxy) is 1. The van der Waals surface area contributed by atoms with Gasteiger partial charge in [0.05, 0.1) is 11.3 Å². The van der Waals surface area contributed by atoms with Gasteiger partial charge in [-0.3, -0.25) is 0 Å². The van der Waals surface area contributed by atoms with Crippen LogP contribution in [0.1, 0.15) is 5.56 Å². The fraction of sp³-hybridized carbons (Fsp3) is 0.133. The van der Waals surface area contributed by atoms with Crippen LogP contribution in [-0.2, 0) is 0 Å². The van der Waals surface area contributed by atoms with Crippen molar-refractivity contribution < 1.29 is 4.74 Å². The predicted molar refractivity (Wildman–Crippen MR) is 81.0 cm³/mol. The maximum atomic E-state index is 8.99. The van der Waals surface area contributed by atoms with Gasteiger partial charge in [-0.25, -0.2) is 0 Å². The van der Waals surface area contributed by atoms with E-state index in [2.05, 4.69) is 11.4 Å². The van der Waals surface area contributed by atoms with Crippen molar-refractivity contribution in [2.24, 2.45) is 0 Å². The zero-order valence-corrected chi connectivity index (χ0v) is 11.5. The third kappa shape index (κ3) is 3.81. The van der Waals surface area contributed by atoms with Crippen molar-refractivity contribution in [3.05, 3.63) is 53.1 Å². The standard InChI is InChI=1S/C15H14ClN3O/c16-12-2-1-11(10-17)15(9-12)19-7-8-20-14-5-3-13(18)4-6-14/h1-6,9,19H,7-8,18H2. The van der Waals surface area contributed by atoms with Gasteiger partial charge in [0.1, 0.15) is 18.4 Å². The molecule has 5 heteroatoms. The summed E-state index contributed by atoms with van der Waals surface area (Å²) in [5, 5.41) is 12.7. The molecular weight excluding hydrogens is 274 g/mol. The molecular formula is C15H14ClN3O. The smallest absolute Gasteiger partial charge is 0.119 e. The first-order valence-electron chi connectivity index (χ1n) is 6.11. The van der Waals surface area contributed by atoms with Crippen LogP contribution in [-0.4, -0.2) is 13.2 Å². The van der Waals surface area contributed by atoms with E-state index in [1.807, 2.05) is 12.1 Å². The molecule has 0 atom stereocenters. The van der Waals surface area contributed by atoms with E-state index in [0.29, 0.717) is 35.1 Å². The van der Waals surface area contributed by atoms with Gasteiger partial charge in [0.2, 0.25) is 0 Å². The molecule has 20 heavy (non-hydrogen) atoms. The van der Waals surface area contributed by atoms with E-state index < -0.39 is 0 Å². The van der Waals surface area contributed by atoms with Crippen LogP contribution in [0.25, 0.3) is 0 Å². The van der Waals surface area contributed by atoms with Crippen LogP contribution in [0.5, 0.6) is 5.75 Å². The molecule has 2 aromatic carbocycles. The van der Waals surface area contributed by atoms with E-state index in [0.717, 1.165) is 5.75 Å². The Balaban J connectivity index is 1.86. The highest BCUT2D eigenvalue weighted by molar-refractivity contribution is 6.30. The largest absolute Gasteiger partial charge is 0.492 e. The summed E-state index contributed by atoms with van der Waals surface area (Å²) in [6.45, 7) is 1.04. The van der Waals surface area contributed by atoms with Gasteiger partial charge in [0.15, 0.2) is 0 Å². The molecule has 0 saturated heterocycles. The molecule has 0 aliphatic carbocycles. The number of nitrogens with one attached hydrogen (secondary N) is 1. The summed E-state index contributed by atoms with van der Waals surface area (Å²) in [7, 11) is 0. The van der Waals surface area contributed by atoms with Crippen LogP contribution in [0.3, 0.4) is 0 Å². The molecule has 2 aromatic rings. The molecule has 0 spiro atoms. The molecule has 2 rings (SSSR count). The summed E-state index contributed by atoms with van der Waals surface area (Å²) >= 11 is 5.90. The number of nitrogen functional groups attached to an aromatic ring is 1. The first-order valence-corrected chi connectivity index (χ1v) is 6.48. The van der Waals surface area contributed by atoms with Crippen LogP contribution in [0.2, 0.25) is 5.02 Å². The average Bonchev–Trinajstić information content (AvgIpc) is 2.46. The van der Waals surface area contributed by atoms with Gasteiger partial charge in [-0.15, -0.1) is 0 Å². The maximum Gasteiger partial charge on any atom is 0.119 e. The molecule has 102 valence electrons.